The molecule has 0 fully saturated rings. The molecule has 1 aromatic rings. The minimum Gasteiger partial charge on any atom is -0.388 e. The van der Waals surface area contributed by atoms with Gasteiger partial charge in [0.1, 0.15) is 0 Å². The molecule has 0 aromatic heterocycles. The van der Waals surface area contributed by atoms with Crippen LogP contribution in [0, 0.1) is 6.92 Å². The van der Waals surface area contributed by atoms with Crippen LogP contribution in [0.25, 0.3) is 0 Å². The molecule has 0 heterocycles. The number of benzene rings is 1. The number of aryl methyl sites for hydroxylation is 1. The highest BCUT2D eigenvalue weighted by atomic mass is 16.3. The molecule has 1 N–H and O–H groups in total. The largest absolute Gasteiger partial charge is 0.388 e. The predicted octanol–water partition coefficient (Wildman–Crippen LogP) is 3.09. The van der Waals surface area contributed by atoms with Crippen molar-refractivity contribution in [2.24, 2.45) is 0 Å². The van der Waals surface area contributed by atoms with Gasteiger partial charge in [-0.1, -0.05) is 42.0 Å². The maximum atomic E-state index is 10.1. The first-order valence-electron chi connectivity index (χ1n) is 6.36. The molecule has 0 saturated heterocycles. The Bertz CT molecular complexity index is 359. The zero-order valence-electron chi connectivity index (χ0n) is 11.2. The van der Waals surface area contributed by atoms with Gasteiger partial charge in [-0.2, -0.15) is 0 Å². The molecule has 0 aliphatic carbocycles. The van der Waals surface area contributed by atoms with E-state index in [9.17, 15) is 5.11 Å². The number of rotatable bonds is 8. The van der Waals surface area contributed by atoms with Crippen LogP contribution in [0.1, 0.15) is 23.7 Å². The number of aliphatic hydroxyl groups excluding tert-OH is 1. The molecule has 0 aliphatic heterocycles. The monoisotopic (exact) mass is 245 g/mol. The van der Waals surface area contributed by atoms with Crippen molar-refractivity contribution >= 4 is 0 Å². The van der Waals surface area contributed by atoms with Crippen molar-refractivity contribution < 1.29 is 5.11 Å². The first kappa shape index (κ1) is 14.7. The lowest BCUT2D eigenvalue weighted by Crippen LogP contribution is -2.26. The fourth-order valence-corrected chi connectivity index (χ4v) is 1.88. The molecule has 2 nitrogen and oxygen atoms in total. The topological polar surface area (TPSA) is 23.5 Å². The smallest absolute Gasteiger partial charge is 0.0802 e. The first-order chi connectivity index (χ1) is 8.67. The fraction of sp³-hybridized carbons (Fsp3) is 0.375. The lowest BCUT2D eigenvalue weighted by atomic mass is 10.0. The normalized spacial score (nSPS) is 12.4. The molecule has 0 saturated carbocycles. The third-order valence-corrected chi connectivity index (χ3v) is 2.96. The van der Waals surface area contributed by atoms with Crippen molar-refractivity contribution in [3.8, 4) is 0 Å². The Hall–Kier alpha value is -1.38. The van der Waals surface area contributed by atoms with E-state index in [1.165, 1.54) is 5.56 Å². The summed E-state index contributed by atoms with van der Waals surface area (Å²) in [5.41, 5.74) is 2.20. The van der Waals surface area contributed by atoms with E-state index in [0.717, 1.165) is 31.6 Å². The quantitative estimate of drug-likeness (QED) is 0.711. The van der Waals surface area contributed by atoms with Crippen LogP contribution in [0.15, 0.2) is 49.6 Å². The average molecular weight is 245 g/mol. The second kappa shape index (κ2) is 7.85. The molecule has 1 unspecified atom stereocenters. The summed E-state index contributed by atoms with van der Waals surface area (Å²) in [6, 6.07) is 8.05. The van der Waals surface area contributed by atoms with Crippen LogP contribution in [0.5, 0.6) is 0 Å². The Labute approximate surface area is 110 Å². The molecule has 1 atom stereocenters. The van der Waals surface area contributed by atoms with Gasteiger partial charge in [-0.05, 0) is 18.9 Å². The number of aliphatic hydroxyl groups is 1. The van der Waals surface area contributed by atoms with E-state index in [-0.39, 0.29) is 0 Å². The summed E-state index contributed by atoms with van der Waals surface area (Å²) in [4.78, 5) is 2.21. The Morgan fingerprint density at radius 2 is 1.72 bits per heavy atom. The predicted molar refractivity (Wildman–Crippen MR) is 77.6 cm³/mol. The highest BCUT2D eigenvalue weighted by molar-refractivity contribution is 5.23. The number of hydrogen-bond acceptors (Lipinski definition) is 2. The summed E-state index contributed by atoms with van der Waals surface area (Å²) in [6.07, 6.45) is 4.08. The van der Waals surface area contributed by atoms with Gasteiger partial charge in [0.15, 0.2) is 0 Å². The standard InChI is InChI=1S/C16H23NO/c1-4-11-17(12-5-2)13-10-16(18)15-8-6-14(3)7-9-15/h4-9,16,18H,1-2,10-13H2,3H3. The molecule has 1 rings (SSSR count). The molecule has 18 heavy (non-hydrogen) atoms. The van der Waals surface area contributed by atoms with Crippen LogP contribution in [0.4, 0.5) is 0 Å². The SMILES string of the molecule is C=CCN(CC=C)CCC(O)c1ccc(C)cc1. The average Bonchev–Trinajstić information content (AvgIpc) is 2.37. The van der Waals surface area contributed by atoms with Crippen molar-refractivity contribution in [1.29, 1.82) is 0 Å². The van der Waals surface area contributed by atoms with Crippen LogP contribution in [-0.4, -0.2) is 29.6 Å². The maximum absolute atomic E-state index is 10.1. The molecular weight excluding hydrogens is 222 g/mol. The van der Waals surface area contributed by atoms with Gasteiger partial charge >= 0.3 is 0 Å². The molecule has 0 aliphatic rings. The lowest BCUT2D eigenvalue weighted by molar-refractivity contribution is 0.148. The van der Waals surface area contributed by atoms with E-state index < -0.39 is 6.10 Å². The number of nitrogens with zero attached hydrogens (tertiary/aromatic N) is 1. The molecule has 0 radical (unpaired) electrons. The van der Waals surface area contributed by atoms with E-state index in [1.807, 2.05) is 43.3 Å². The Morgan fingerprint density at radius 3 is 2.22 bits per heavy atom. The summed E-state index contributed by atoms with van der Waals surface area (Å²) < 4.78 is 0. The second-order valence-corrected chi connectivity index (χ2v) is 4.55. The third kappa shape index (κ3) is 4.86. The zero-order chi connectivity index (χ0) is 13.4. The van der Waals surface area contributed by atoms with Crippen molar-refractivity contribution in [2.75, 3.05) is 19.6 Å². The summed E-state index contributed by atoms with van der Waals surface area (Å²) in [6.45, 7) is 12.0. The van der Waals surface area contributed by atoms with Crippen LogP contribution in [-0.2, 0) is 0 Å². The summed E-state index contributed by atoms with van der Waals surface area (Å²) in [5.74, 6) is 0. The Balaban J connectivity index is 2.48. The van der Waals surface area contributed by atoms with E-state index in [2.05, 4.69) is 18.1 Å². The highest BCUT2D eigenvalue weighted by Crippen LogP contribution is 2.17. The van der Waals surface area contributed by atoms with Crippen LogP contribution >= 0.6 is 0 Å². The van der Waals surface area contributed by atoms with Gasteiger partial charge in [0.25, 0.3) is 0 Å². The molecule has 0 bridgehead atoms. The summed E-state index contributed by atoms with van der Waals surface area (Å²) in [7, 11) is 0. The highest BCUT2D eigenvalue weighted by Gasteiger charge is 2.09. The minimum atomic E-state index is -0.400. The van der Waals surface area contributed by atoms with Crippen molar-refractivity contribution in [3.63, 3.8) is 0 Å². The van der Waals surface area contributed by atoms with E-state index in [0.29, 0.717) is 0 Å². The molecular formula is C16H23NO. The van der Waals surface area contributed by atoms with Crippen molar-refractivity contribution in [1.82, 2.24) is 4.90 Å². The lowest BCUT2D eigenvalue weighted by Gasteiger charge is -2.20. The van der Waals surface area contributed by atoms with E-state index in [1.54, 1.807) is 0 Å². The Morgan fingerprint density at radius 1 is 1.17 bits per heavy atom. The van der Waals surface area contributed by atoms with Gasteiger partial charge in [-0.25, -0.2) is 0 Å². The molecule has 0 amide bonds. The van der Waals surface area contributed by atoms with Gasteiger partial charge < -0.3 is 5.11 Å². The third-order valence-electron chi connectivity index (χ3n) is 2.96. The van der Waals surface area contributed by atoms with Gasteiger partial charge in [0, 0.05) is 19.6 Å². The zero-order valence-corrected chi connectivity index (χ0v) is 11.2. The molecule has 98 valence electrons. The van der Waals surface area contributed by atoms with E-state index >= 15 is 0 Å². The maximum Gasteiger partial charge on any atom is 0.0802 e. The number of hydrogen-bond donors (Lipinski definition) is 1. The van der Waals surface area contributed by atoms with Crippen molar-refractivity contribution in [2.45, 2.75) is 19.4 Å². The minimum absolute atomic E-state index is 0.400. The van der Waals surface area contributed by atoms with Crippen LogP contribution in [0.2, 0.25) is 0 Å². The van der Waals surface area contributed by atoms with Gasteiger partial charge in [-0.3, -0.25) is 4.90 Å². The van der Waals surface area contributed by atoms with Gasteiger partial charge in [0.2, 0.25) is 0 Å². The van der Waals surface area contributed by atoms with Crippen LogP contribution in [0.3, 0.4) is 0 Å². The first-order valence-corrected chi connectivity index (χ1v) is 6.36. The Kier molecular flexibility index (Phi) is 6.40. The second-order valence-electron chi connectivity index (χ2n) is 4.55. The fourth-order valence-electron chi connectivity index (χ4n) is 1.88. The summed E-state index contributed by atoms with van der Waals surface area (Å²) in [5, 5.41) is 10.1. The molecule has 2 heteroatoms. The molecule has 0 spiro atoms. The molecule has 1 aromatic carbocycles. The summed E-state index contributed by atoms with van der Waals surface area (Å²) >= 11 is 0. The van der Waals surface area contributed by atoms with Gasteiger partial charge in [0.05, 0.1) is 6.10 Å². The van der Waals surface area contributed by atoms with Gasteiger partial charge in [-0.15, -0.1) is 13.2 Å². The van der Waals surface area contributed by atoms with Crippen molar-refractivity contribution in [3.05, 3.63) is 60.7 Å². The van der Waals surface area contributed by atoms with E-state index in [4.69, 9.17) is 0 Å². The van der Waals surface area contributed by atoms with Crippen LogP contribution < -0.4 is 0 Å².